The average Bonchev–Trinajstić information content (AvgIpc) is 2.39. The third kappa shape index (κ3) is 3.81. The second-order valence-electron chi connectivity index (χ2n) is 4.28. The highest BCUT2D eigenvalue weighted by Gasteiger charge is 2.04. The van der Waals surface area contributed by atoms with Gasteiger partial charge in [-0.05, 0) is 29.3 Å². The Bertz CT molecular complexity index is 567. The van der Waals surface area contributed by atoms with E-state index in [1.165, 1.54) is 12.1 Å². The van der Waals surface area contributed by atoms with Gasteiger partial charge in [0, 0.05) is 12.2 Å². The van der Waals surface area contributed by atoms with Gasteiger partial charge in [-0.15, -0.1) is 0 Å². The number of benzene rings is 2. The predicted octanol–water partition coefficient (Wildman–Crippen LogP) is 2.47. The number of anilines is 1. The van der Waals surface area contributed by atoms with Crippen molar-refractivity contribution in [2.75, 3.05) is 5.32 Å². The molecule has 3 N–H and O–H groups in total. The summed E-state index contributed by atoms with van der Waals surface area (Å²) in [6.07, 6.45) is 0.201. The first kappa shape index (κ1) is 13.1. The number of rotatable bonds is 5. The van der Waals surface area contributed by atoms with Gasteiger partial charge in [0.15, 0.2) is 0 Å². The fourth-order valence-corrected chi connectivity index (χ4v) is 1.83. The zero-order valence-electron chi connectivity index (χ0n) is 10.4. The Morgan fingerprint density at radius 2 is 1.79 bits per heavy atom. The van der Waals surface area contributed by atoms with Crippen LogP contribution in [0, 0.1) is 5.82 Å². The molecule has 19 heavy (non-hydrogen) atoms. The summed E-state index contributed by atoms with van der Waals surface area (Å²) in [5, 5.41) is 3.22. The topological polar surface area (TPSA) is 55.1 Å². The second-order valence-corrected chi connectivity index (χ2v) is 4.28. The number of hydrogen-bond acceptors (Lipinski definition) is 2. The molecule has 0 saturated carbocycles. The average molecular weight is 258 g/mol. The summed E-state index contributed by atoms with van der Waals surface area (Å²) in [6, 6.07) is 13.8. The molecule has 0 aromatic heterocycles. The van der Waals surface area contributed by atoms with Crippen molar-refractivity contribution in [2.45, 2.75) is 13.0 Å². The third-order valence-corrected chi connectivity index (χ3v) is 2.78. The van der Waals surface area contributed by atoms with Gasteiger partial charge in [-0.3, -0.25) is 4.79 Å². The maximum atomic E-state index is 12.8. The normalized spacial score (nSPS) is 10.2. The van der Waals surface area contributed by atoms with Crippen LogP contribution in [0.4, 0.5) is 10.1 Å². The van der Waals surface area contributed by atoms with Gasteiger partial charge in [-0.1, -0.05) is 30.3 Å². The van der Waals surface area contributed by atoms with Crippen molar-refractivity contribution in [1.82, 2.24) is 0 Å². The van der Waals surface area contributed by atoms with E-state index in [0.717, 1.165) is 16.8 Å². The van der Waals surface area contributed by atoms with Gasteiger partial charge in [0.1, 0.15) is 5.82 Å². The minimum atomic E-state index is -0.365. The van der Waals surface area contributed by atoms with Crippen molar-refractivity contribution >= 4 is 11.6 Å². The molecule has 0 spiro atoms. The Morgan fingerprint density at radius 1 is 1.11 bits per heavy atom. The first-order valence-corrected chi connectivity index (χ1v) is 5.99. The van der Waals surface area contributed by atoms with Gasteiger partial charge in [0.05, 0.1) is 6.42 Å². The Hall–Kier alpha value is -2.36. The predicted molar refractivity (Wildman–Crippen MR) is 73.1 cm³/mol. The van der Waals surface area contributed by atoms with E-state index in [-0.39, 0.29) is 18.1 Å². The standard InChI is InChI=1S/C15H15FN2O/c16-13-7-5-11(6-8-13)10-18-14-4-2-1-3-12(14)9-15(17)19/h1-8,18H,9-10H2,(H2,17,19). The van der Waals surface area contributed by atoms with Gasteiger partial charge < -0.3 is 11.1 Å². The first-order valence-electron chi connectivity index (χ1n) is 5.99. The van der Waals surface area contributed by atoms with E-state index in [2.05, 4.69) is 5.32 Å². The maximum absolute atomic E-state index is 12.8. The van der Waals surface area contributed by atoms with Crippen molar-refractivity contribution < 1.29 is 9.18 Å². The number of carbonyl (C=O) groups excluding carboxylic acids is 1. The Morgan fingerprint density at radius 3 is 2.47 bits per heavy atom. The number of halogens is 1. The molecule has 0 radical (unpaired) electrons. The van der Waals surface area contributed by atoms with Gasteiger partial charge >= 0.3 is 0 Å². The molecule has 0 aliphatic heterocycles. The lowest BCUT2D eigenvalue weighted by molar-refractivity contribution is -0.117. The summed E-state index contributed by atoms with van der Waals surface area (Å²) < 4.78 is 12.8. The highest BCUT2D eigenvalue weighted by atomic mass is 19.1. The lowest BCUT2D eigenvalue weighted by atomic mass is 10.1. The van der Waals surface area contributed by atoms with E-state index in [4.69, 9.17) is 5.73 Å². The minimum absolute atomic E-state index is 0.201. The molecular weight excluding hydrogens is 243 g/mol. The molecule has 0 aliphatic rings. The van der Waals surface area contributed by atoms with Crippen molar-refractivity contribution in [2.24, 2.45) is 5.73 Å². The van der Waals surface area contributed by atoms with E-state index in [1.807, 2.05) is 24.3 Å². The number of nitrogens with two attached hydrogens (primary N) is 1. The fraction of sp³-hybridized carbons (Fsp3) is 0.133. The summed E-state index contributed by atoms with van der Waals surface area (Å²) in [5.74, 6) is -0.617. The molecule has 3 nitrogen and oxygen atoms in total. The smallest absolute Gasteiger partial charge is 0.221 e. The lowest BCUT2D eigenvalue weighted by Crippen LogP contribution is -2.15. The summed E-state index contributed by atoms with van der Waals surface area (Å²) >= 11 is 0. The van der Waals surface area contributed by atoms with E-state index in [1.54, 1.807) is 12.1 Å². The van der Waals surface area contributed by atoms with Crippen molar-refractivity contribution in [3.63, 3.8) is 0 Å². The number of nitrogens with one attached hydrogen (secondary N) is 1. The molecule has 1 amide bonds. The van der Waals surface area contributed by atoms with E-state index in [9.17, 15) is 9.18 Å². The van der Waals surface area contributed by atoms with Crippen LogP contribution in [0.5, 0.6) is 0 Å². The highest BCUT2D eigenvalue weighted by Crippen LogP contribution is 2.16. The zero-order chi connectivity index (χ0) is 13.7. The van der Waals surface area contributed by atoms with Crippen molar-refractivity contribution in [3.8, 4) is 0 Å². The van der Waals surface area contributed by atoms with Crippen molar-refractivity contribution in [1.29, 1.82) is 0 Å². The molecule has 0 unspecified atom stereocenters. The molecule has 2 aromatic carbocycles. The van der Waals surface area contributed by atoms with Crippen LogP contribution in [0.25, 0.3) is 0 Å². The van der Waals surface area contributed by atoms with Gasteiger partial charge in [0.25, 0.3) is 0 Å². The van der Waals surface area contributed by atoms with Crippen LogP contribution < -0.4 is 11.1 Å². The Kier molecular flexibility index (Phi) is 4.13. The van der Waals surface area contributed by atoms with E-state index < -0.39 is 0 Å². The van der Waals surface area contributed by atoms with Crippen LogP contribution in [-0.4, -0.2) is 5.91 Å². The SMILES string of the molecule is NC(=O)Cc1ccccc1NCc1ccc(F)cc1. The first-order chi connectivity index (χ1) is 9.15. The third-order valence-electron chi connectivity index (χ3n) is 2.78. The zero-order valence-corrected chi connectivity index (χ0v) is 10.4. The molecule has 0 heterocycles. The largest absolute Gasteiger partial charge is 0.381 e. The second kappa shape index (κ2) is 6.00. The summed E-state index contributed by atoms with van der Waals surface area (Å²) in [6.45, 7) is 0.566. The van der Waals surface area contributed by atoms with Crippen LogP contribution in [0.2, 0.25) is 0 Å². The molecule has 0 bridgehead atoms. The highest BCUT2D eigenvalue weighted by molar-refractivity contribution is 5.78. The molecule has 0 atom stereocenters. The molecule has 0 aliphatic carbocycles. The molecule has 0 fully saturated rings. The molecule has 4 heteroatoms. The number of carbonyl (C=O) groups is 1. The fourth-order valence-electron chi connectivity index (χ4n) is 1.83. The number of para-hydroxylation sites is 1. The summed E-state index contributed by atoms with van der Waals surface area (Å²) in [4.78, 5) is 11.0. The Balaban J connectivity index is 2.06. The molecular formula is C15H15FN2O. The molecule has 0 saturated heterocycles. The molecule has 2 aromatic rings. The van der Waals surface area contributed by atoms with E-state index >= 15 is 0 Å². The Labute approximate surface area is 111 Å². The van der Waals surface area contributed by atoms with E-state index in [0.29, 0.717) is 6.54 Å². The minimum Gasteiger partial charge on any atom is -0.381 e. The lowest BCUT2D eigenvalue weighted by Gasteiger charge is -2.11. The maximum Gasteiger partial charge on any atom is 0.221 e. The van der Waals surface area contributed by atoms with Gasteiger partial charge in [0.2, 0.25) is 5.91 Å². The quantitative estimate of drug-likeness (QED) is 0.865. The van der Waals surface area contributed by atoms with Gasteiger partial charge in [-0.2, -0.15) is 0 Å². The molecule has 2 rings (SSSR count). The number of hydrogen-bond donors (Lipinski definition) is 2. The number of amides is 1. The monoisotopic (exact) mass is 258 g/mol. The van der Waals surface area contributed by atoms with Crippen LogP contribution in [0.3, 0.4) is 0 Å². The molecule has 98 valence electrons. The van der Waals surface area contributed by atoms with Crippen LogP contribution in [-0.2, 0) is 17.8 Å². The summed E-state index contributed by atoms with van der Waals surface area (Å²) in [7, 11) is 0. The van der Waals surface area contributed by atoms with Crippen LogP contribution >= 0.6 is 0 Å². The van der Waals surface area contributed by atoms with Crippen LogP contribution in [0.15, 0.2) is 48.5 Å². The number of primary amides is 1. The van der Waals surface area contributed by atoms with Crippen LogP contribution in [0.1, 0.15) is 11.1 Å². The van der Waals surface area contributed by atoms with Gasteiger partial charge in [-0.25, -0.2) is 4.39 Å². The van der Waals surface area contributed by atoms with Crippen molar-refractivity contribution in [3.05, 3.63) is 65.5 Å². The summed E-state index contributed by atoms with van der Waals surface area (Å²) in [5.41, 5.74) is 7.90.